The number of ether oxygens (including phenoxy) is 2. The van der Waals surface area contributed by atoms with E-state index in [4.69, 9.17) is 14.5 Å². The Labute approximate surface area is 142 Å². The Bertz CT molecular complexity index is 615. The topological polar surface area (TPSA) is 36.3 Å². The lowest BCUT2D eigenvalue weighted by molar-refractivity contribution is 0.0358. The average molecular weight is 332 g/mol. The monoisotopic (exact) mass is 332 g/mol. The van der Waals surface area contributed by atoms with Gasteiger partial charge < -0.3 is 14.0 Å². The summed E-state index contributed by atoms with van der Waals surface area (Å²) in [5.74, 6) is 1.08. The Morgan fingerprint density at radius 2 is 2.13 bits per heavy atom. The molecule has 0 N–H and O–H groups in total. The van der Waals surface area contributed by atoms with E-state index in [-0.39, 0.29) is 12.1 Å². The van der Waals surface area contributed by atoms with Crippen LogP contribution < -0.4 is 0 Å². The first kappa shape index (κ1) is 16.6. The van der Waals surface area contributed by atoms with E-state index in [1.165, 1.54) is 11.3 Å². The van der Waals surface area contributed by atoms with Gasteiger partial charge in [-0.05, 0) is 25.4 Å². The molecule has 1 fully saturated rings. The molecule has 0 radical (unpaired) electrons. The zero-order chi connectivity index (χ0) is 16.1. The van der Waals surface area contributed by atoms with Gasteiger partial charge in [0.15, 0.2) is 0 Å². The van der Waals surface area contributed by atoms with Crippen molar-refractivity contribution in [2.75, 3.05) is 31.8 Å². The first-order valence-corrected chi connectivity index (χ1v) is 9.54. The lowest BCUT2D eigenvalue weighted by atomic mass is 10.1. The smallest absolute Gasteiger partial charge is 0.104 e. The van der Waals surface area contributed by atoms with E-state index in [1.54, 1.807) is 0 Å². The van der Waals surface area contributed by atoms with Crippen LogP contribution in [0.25, 0.3) is 11.3 Å². The number of benzene rings is 1. The summed E-state index contributed by atoms with van der Waals surface area (Å²) in [4.78, 5) is 4.72. The molecule has 1 aromatic heterocycles. The maximum Gasteiger partial charge on any atom is 0.104 e. The van der Waals surface area contributed by atoms with Crippen molar-refractivity contribution in [3.8, 4) is 11.3 Å². The Balaban J connectivity index is 1.95. The van der Waals surface area contributed by atoms with Gasteiger partial charge in [0.05, 0.1) is 31.3 Å². The van der Waals surface area contributed by atoms with Gasteiger partial charge in [0.2, 0.25) is 0 Å². The summed E-state index contributed by atoms with van der Waals surface area (Å²) in [7, 11) is 0. The Hall–Kier alpha value is -1.30. The van der Waals surface area contributed by atoms with Crippen molar-refractivity contribution in [3.63, 3.8) is 0 Å². The molecule has 1 aromatic carbocycles. The van der Waals surface area contributed by atoms with Crippen LogP contribution in [0.4, 0.5) is 0 Å². The van der Waals surface area contributed by atoms with Crippen molar-refractivity contribution in [2.24, 2.45) is 0 Å². The molecule has 1 aliphatic rings. The van der Waals surface area contributed by atoms with E-state index in [2.05, 4.69) is 35.1 Å². The molecule has 1 saturated heterocycles. The quantitative estimate of drug-likeness (QED) is 0.778. The molecule has 2 heterocycles. The van der Waals surface area contributed by atoms with E-state index < -0.39 is 0 Å². The number of thioether (sulfide) groups is 1. The fraction of sp³-hybridized carbons (Fsp3) is 0.500. The second-order valence-corrected chi connectivity index (χ2v) is 6.64. The first-order chi connectivity index (χ1) is 11.3. The lowest BCUT2D eigenvalue weighted by Gasteiger charge is -2.21. The minimum Gasteiger partial charge on any atom is -0.376 e. The van der Waals surface area contributed by atoms with Gasteiger partial charge in [-0.2, -0.15) is 11.8 Å². The number of hydrogen-bond donors (Lipinski definition) is 0. The summed E-state index contributed by atoms with van der Waals surface area (Å²) in [6.07, 6.45) is 5.22. The van der Waals surface area contributed by atoms with Crippen LogP contribution in [0.1, 0.15) is 18.7 Å². The fourth-order valence-electron chi connectivity index (χ4n) is 3.11. The van der Waals surface area contributed by atoms with Gasteiger partial charge in [0, 0.05) is 17.9 Å². The predicted molar refractivity (Wildman–Crippen MR) is 95.0 cm³/mol. The molecule has 0 spiro atoms. The largest absolute Gasteiger partial charge is 0.376 e. The number of aromatic nitrogens is 2. The van der Waals surface area contributed by atoms with E-state index in [1.807, 2.05) is 31.1 Å². The molecule has 1 aliphatic heterocycles. The average Bonchev–Trinajstić information content (AvgIpc) is 3.20. The molecule has 0 amide bonds. The van der Waals surface area contributed by atoms with Gasteiger partial charge in [-0.25, -0.2) is 4.98 Å². The molecule has 0 bridgehead atoms. The molecule has 0 saturated carbocycles. The molecule has 0 unspecified atom stereocenters. The Morgan fingerprint density at radius 1 is 1.30 bits per heavy atom. The maximum absolute atomic E-state index is 5.87. The molecule has 4 nitrogen and oxygen atoms in total. The summed E-state index contributed by atoms with van der Waals surface area (Å²) in [5.41, 5.74) is 3.54. The Kier molecular flexibility index (Phi) is 5.75. The van der Waals surface area contributed by atoms with Crippen molar-refractivity contribution < 1.29 is 9.47 Å². The minimum atomic E-state index is 0.117. The van der Waals surface area contributed by atoms with Crippen molar-refractivity contribution in [2.45, 2.75) is 25.5 Å². The van der Waals surface area contributed by atoms with Crippen LogP contribution in [-0.2, 0) is 15.9 Å². The molecule has 23 heavy (non-hydrogen) atoms. The summed E-state index contributed by atoms with van der Waals surface area (Å²) < 4.78 is 13.8. The van der Waals surface area contributed by atoms with Crippen molar-refractivity contribution in [1.29, 1.82) is 0 Å². The normalized spacial score (nSPS) is 21.0. The summed E-state index contributed by atoms with van der Waals surface area (Å²) in [6, 6.07) is 10.6. The SMILES string of the molecule is CCO[C@@H]1COC[C@H]1n1cnc(-c2ccccc2)c1CCSC. The van der Waals surface area contributed by atoms with Gasteiger partial charge in [0.25, 0.3) is 0 Å². The predicted octanol–water partition coefficient (Wildman–Crippen LogP) is 3.43. The zero-order valence-electron chi connectivity index (χ0n) is 13.8. The van der Waals surface area contributed by atoms with Crippen LogP contribution in [0.2, 0.25) is 0 Å². The van der Waals surface area contributed by atoms with Gasteiger partial charge in [-0.3, -0.25) is 0 Å². The van der Waals surface area contributed by atoms with Crippen LogP contribution >= 0.6 is 11.8 Å². The van der Waals surface area contributed by atoms with E-state index in [0.29, 0.717) is 19.8 Å². The molecular weight excluding hydrogens is 308 g/mol. The molecule has 0 aliphatic carbocycles. The number of nitrogens with zero attached hydrogens (tertiary/aromatic N) is 2. The van der Waals surface area contributed by atoms with Crippen LogP contribution in [0.15, 0.2) is 36.7 Å². The van der Waals surface area contributed by atoms with Gasteiger partial charge in [-0.15, -0.1) is 0 Å². The second-order valence-electron chi connectivity index (χ2n) is 5.65. The van der Waals surface area contributed by atoms with Crippen LogP contribution in [0, 0.1) is 0 Å². The highest BCUT2D eigenvalue weighted by Gasteiger charge is 2.32. The third-order valence-corrected chi connectivity index (χ3v) is 4.84. The number of rotatable bonds is 7. The molecule has 3 rings (SSSR count). The van der Waals surface area contributed by atoms with E-state index >= 15 is 0 Å². The van der Waals surface area contributed by atoms with Crippen LogP contribution in [-0.4, -0.2) is 47.5 Å². The molecule has 124 valence electrons. The standard InChI is InChI=1S/C18H24N2O2S/c1-3-22-17-12-21-11-16(17)20-13-19-18(15(20)9-10-23-2)14-7-5-4-6-8-14/h4-8,13,16-17H,3,9-12H2,1-2H3/t16-,17-/m1/s1. The third-order valence-electron chi connectivity index (χ3n) is 4.22. The third kappa shape index (κ3) is 3.62. The first-order valence-electron chi connectivity index (χ1n) is 8.14. The highest BCUT2D eigenvalue weighted by molar-refractivity contribution is 7.98. The Morgan fingerprint density at radius 3 is 2.87 bits per heavy atom. The second kappa shape index (κ2) is 7.99. The van der Waals surface area contributed by atoms with Crippen molar-refractivity contribution in [1.82, 2.24) is 9.55 Å². The lowest BCUT2D eigenvalue weighted by Crippen LogP contribution is -2.26. The summed E-state index contributed by atoms with van der Waals surface area (Å²) in [5, 5.41) is 0. The molecule has 2 aromatic rings. The number of imidazole rings is 1. The van der Waals surface area contributed by atoms with Crippen LogP contribution in [0.5, 0.6) is 0 Å². The number of hydrogen-bond acceptors (Lipinski definition) is 4. The highest BCUT2D eigenvalue weighted by atomic mass is 32.2. The molecular formula is C18H24N2O2S. The van der Waals surface area contributed by atoms with E-state index in [0.717, 1.165) is 17.9 Å². The fourth-order valence-corrected chi connectivity index (χ4v) is 3.51. The van der Waals surface area contributed by atoms with Crippen molar-refractivity contribution in [3.05, 3.63) is 42.4 Å². The highest BCUT2D eigenvalue weighted by Crippen LogP contribution is 2.30. The summed E-state index contributed by atoms with van der Waals surface area (Å²) in [6.45, 7) is 4.11. The maximum atomic E-state index is 5.87. The zero-order valence-corrected chi connectivity index (χ0v) is 14.6. The molecule has 5 heteroatoms. The van der Waals surface area contributed by atoms with E-state index in [9.17, 15) is 0 Å². The summed E-state index contributed by atoms with van der Waals surface area (Å²) >= 11 is 1.86. The van der Waals surface area contributed by atoms with Gasteiger partial charge >= 0.3 is 0 Å². The minimum absolute atomic E-state index is 0.117. The molecule has 2 atom stereocenters. The van der Waals surface area contributed by atoms with Crippen LogP contribution in [0.3, 0.4) is 0 Å². The van der Waals surface area contributed by atoms with Gasteiger partial charge in [0.1, 0.15) is 6.10 Å². The van der Waals surface area contributed by atoms with Crippen molar-refractivity contribution >= 4 is 11.8 Å². The van der Waals surface area contributed by atoms with Gasteiger partial charge in [-0.1, -0.05) is 30.3 Å².